The molecule has 0 spiro atoms. The number of nitro benzene ring substituents is 1. The molecule has 1 N–H and O–H groups in total. The molecule has 0 aliphatic carbocycles. The van der Waals surface area contributed by atoms with Crippen LogP contribution in [0.4, 0.5) is 5.69 Å². The molecule has 0 aliphatic heterocycles. The average molecular weight is 271 g/mol. The fourth-order valence-corrected chi connectivity index (χ4v) is 2.08. The molecular formula is C15H17N3O2. The van der Waals surface area contributed by atoms with Crippen molar-refractivity contribution in [3.8, 4) is 0 Å². The van der Waals surface area contributed by atoms with Crippen LogP contribution in [0, 0.1) is 24.0 Å². The molecule has 0 saturated carbocycles. The quantitative estimate of drug-likeness (QED) is 0.670. The van der Waals surface area contributed by atoms with Gasteiger partial charge in [-0.3, -0.25) is 15.1 Å². The molecule has 2 rings (SSSR count). The third-order valence-electron chi connectivity index (χ3n) is 3.18. The van der Waals surface area contributed by atoms with E-state index < -0.39 is 0 Å². The van der Waals surface area contributed by atoms with Gasteiger partial charge in [-0.1, -0.05) is 18.2 Å². The van der Waals surface area contributed by atoms with Gasteiger partial charge in [0, 0.05) is 30.4 Å². The summed E-state index contributed by atoms with van der Waals surface area (Å²) in [4.78, 5) is 14.9. The van der Waals surface area contributed by atoms with Gasteiger partial charge in [0.1, 0.15) is 0 Å². The SMILES string of the molecule is Cc1cccc(CNCc2cccc([N+](=O)[O-])c2C)n1. The summed E-state index contributed by atoms with van der Waals surface area (Å²) in [6, 6.07) is 11.0. The average Bonchev–Trinajstić information content (AvgIpc) is 2.40. The Balaban J connectivity index is 2.01. The molecule has 1 heterocycles. The summed E-state index contributed by atoms with van der Waals surface area (Å²) in [6.45, 7) is 4.96. The third kappa shape index (κ3) is 3.39. The molecule has 20 heavy (non-hydrogen) atoms. The van der Waals surface area contributed by atoms with Crippen LogP contribution in [0.5, 0.6) is 0 Å². The molecule has 0 radical (unpaired) electrons. The Labute approximate surface area is 117 Å². The summed E-state index contributed by atoms with van der Waals surface area (Å²) in [6.07, 6.45) is 0. The van der Waals surface area contributed by atoms with Gasteiger partial charge in [-0.25, -0.2) is 0 Å². The second kappa shape index (κ2) is 6.25. The van der Waals surface area contributed by atoms with E-state index >= 15 is 0 Å². The fourth-order valence-electron chi connectivity index (χ4n) is 2.08. The lowest BCUT2D eigenvalue weighted by Gasteiger charge is -2.08. The van der Waals surface area contributed by atoms with Crippen molar-refractivity contribution in [1.82, 2.24) is 10.3 Å². The van der Waals surface area contributed by atoms with E-state index in [0.717, 1.165) is 17.0 Å². The molecule has 0 fully saturated rings. The number of rotatable bonds is 5. The number of nitrogens with one attached hydrogen (secondary N) is 1. The topological polar surface area (TPSA) is 68.1 Å². The van der Waals surface area contributed by atoms with Crippen molar-refractivity contribution in [2.45, 2.75) is 26.9 Å². The maximum atomic E-state index is 10.9. The maximum absolute atomic E-state index is 10.9. The number of hydrogen-bond donors (Lipinski definition) is 1. The largest absolute Gasteiger partial charge is 0.307 e. The van der Waals surface area contributed by atoms with E-state index in [1.807, 2.05) is 31.2 Å². The third-order valence-corrected chi connectivity index (χ3v) is 3.18. The van der Waals surface area contributed by atoms with E-state index in [0.29, 0.717) is 18.7 Å². The number of nitro groups is 1. The minimum atomic E-state index is -0.346. The summed E-state index contributed by atoms with van der Waals surface area (Å²) in [5.74, 6) is 0. The summed E-state index contributed by atoms with van der Waals surface area (Å²) in [7, 11) is 0. The Morgan fingerprint density at radius 3 is 2.60 bits per heavy atom. The van der Waals surface area contributed by atoms with Gasteiger partial charge < -0.3 is 5.32 Å². The molecule has 2 aromatic rings. The lowest BCUT2D eigenvalue weighted by atomic mass is 10.1. The van der Waals surface area contributed by atoms with Crippen LogP contribution < -0.4 is 5.32 Å². The van der Waals surface area contributed by atoms with Crippen molar-refractivity contribution in [3.63, 3.8) is 0 Å². The molecule has 0 saturated heterocycles. The second-order valence-electron chi connectivity index (χ2n) is 4.69. The van der Waals surface area contributed by atoms with Gasteiger partial charge in [-0.2, -0.15) is 0 Å². The fraction of sp³-hybridized carbons (Fsp3) is 0.267. The number of aryl methyl sites for hydroxylation is 1. The first-order valence-corrected chi connectivity index (χ1v) is 6.44. The first kappa shape index (κ1) is 14.1. The lowest BCUT2D eigenvalue weighted by molar-refractivity contribution is -0.385. The van der Waals surface area contributed by atoms with Crippen LogP contribution in [0.15, 0.2) is 36.4 Å². The number of nitrogens with zero attached hydrogens (tertiary/aromatic N) is 2. The van der Waals surface area contributed by atoms with Gasteiger partial charge in [0.25, 0.3) is 5.69 Å². The first-order chi connectivity index (χ1) is 9.58. The number of benzene rings is 1. The van der Waals surface area contributed by atoms with E-state index in [-0.39, 0.29) is 10.6 Å². The molecule has 5 heteroatoms. The van der Waals surface area contributed by atoms with E-state index in [1.54, 1.807) is 13.0 Å². The zero-order valence-electron chi connectivity index (χ0n) is 11.6. The summed E-state index contributed by atoms with van der Waals surface area (Å²) < 4.78 is 0. The zero-order valence-corrected chi connectivity index (χ0v) is 11.6. The first-order valence-electron chi connectivity index (χ1n) is 6.44. The molecule has 0 aliphatic rings. The van der Waals surface area contributed by atoms with Crippen LogP contribution >= 0.6 is 0 Å². The molecule has 0 atom stereocenters. The molecule has 0 amide bonds. The highest BCUT2D eigenvalue weighted by Crippen LogP contribution is 2.20. The highest BCUT2D eigenvalue weighted by atomic mass is 16.6. The second-order valence-corrected chi connectivity index (χ2v) is 4.69. The highest BCUT2D eigenvalue weighted by Gasteiger charge is 2.12. The van der Waals surface area contributed by atoms with Gasteiger partial charge in [-0.15, -0.1) is 0 Å². The summed E-state index contributed by atoms with van der Waals surface area (Å²) in [5, 5.41) is 14.1. The van der Waals surface area contributed by atoms with Gasteiger partial charge in [0.15, 0.2) is 0 Å². The summed E-state index contributed by atoms with van der Waals surface area (Å²) >= 11 is 0. The smallest absolute Gasteiger partial charge is 0.272 e. The maximum Gasteiger partial charge on any atom is 0.272 e. The zero-order chi connectivity index (χ0) is 14.5. The van der Waals surface area contributed by atoms with Crippen LogP contribution in [-0.2, 0) is 13.1 Å². The Bertz CT molecular complexity index is 626. The van der Waals surface area contributed by atoms with E-state index in [9.17, 15) is 10.1 Å². The summed E-state index contributed by atoms with van der Waals surface area (Å²) in [5.41, 5.74) is 3.76. The Morgan fingerprint density at radius 2 is 1.90 bits per heavy atom. The predicted octanol–water partition coefficient (Wildman–Crippen LogP) is 2.90. The molecule has 0 bridgehead atoms. The van der Waals surface area contributed by atoms with Crippen molar-refractivity contribution < 1.29 is 4.92 Å². The van der Waals surface area contributed by atoms with E-state index in [1.165, 1.54) is 6.07 Å². The van der Waals surface area contributed by atoms with E-state index in [2.05, 4.69) is 10.3 Å². The Kier molecular flexibility index (Phi) is 4.42. The minimum absolute atomic E-state index is 0.165. The van der Waals surface area contributed by atoms with Crippen LogP contribution in [0.2, 0.25) is 0 Å². The molecule has 0 unspecified atom stereocenters. The van der Waals surface area contributed by atoms with Gasteiger partial charge in [0.05, 0.1) is 10.6 Å². The van der Waals surface area contributed by atoms with Crippen LogP contribution in [0.3, 0.4) is 0 Å². The number of hydrogen-bond acceptors (Lipinski definition) is 4. The molecular weight excluding hydrogens is 254 g/mol. The molecule has 104 valence electrons. The van der Waals surface area contributed by atoms with Crippen LogP contribution in [0.25, 0.3) is 0 Å². The Hall–Kier alpha value is -2.27. The monoisotopic (exact) mass is 271 g/mol. The number of aromatic nitrogens is 1. The van der Waals surface area contributed by atoms with Crippen LogP contribution in [0.1, 0.15) is 22.5 Å². The van der Waals surface area contributed by atoms with Crippen molar-refractivity contribution in [2.24, 2.45) is 0 Å². The van der Waals surface area contributed by atoms with Crippen molar-refractivity contribution >= 4 is 5.69 Å². The van der Waals surface area contributed by atoms with Crippen LogP contribution in [-0.4, -0.2) is 9.91 Å². The Morgan fingerprint density at radius 1 is 1.15 bits per heavy atom. The molecule has 5 nitrogen and oxygen atoms in total. The minimum Gasteiger partial charge on any atom is -0.307 e. The van der Waals surface area contributed by atoms with Gasteiger partial charge >= 0.3 is 0 Å². The van der Waals surface area contributed by atoms with E-state index in [4.69, 9.17) is 0 Å². The predicted molar refractivity (Wildman–Crippen MR) is 77.4 cm³/mol. The van der Waals surface area contributed by atoms with Gasteiger partial charge in [0.2, 0.25) is 0 Å². The lowest BCUT2D eigenvalue weighted by Crippen LogP contribution is -2.15. The number of pyridine rings is 1. The van der Waals surface area contributed by atoms with Crippen molar-refractivity contribution in [1.29, 1.82) is 0 Å². The van der Waals surface area contributed by atoms with Crippen molar-refractivity contribution in [3.05, 3.63) is 69.0 Å². The normalized spacial score (nSPS) is 10.5. The molecule has 1 aromatic heterocycles. The molecule has 1 aromatic carbocycles. The highest BCUT2D eigenvalue weighted by molar-refractivity contribution is 5.44. The standard InChI is InChI=1S/C15H17N3O2/c1-11-5-3-7-14(17-11)10-16-9-13-6-4-8-15(12(13)2)18(19)20/h3-8,16H,9-10H2,1-2H3. The van der Waals surface area contributed by atoms with Gasteiger partial charge in [-0.05, 0) is 31.5 Å². The van der Waals surface area contributed by atoms with Crippen molar-refractivity contribution in [2.75, 3.05) is 0 Å².